The van der Waals surface area contributed by atoms with Crippen molar-refractivity contribution in [3.63, 3.8) is 0 Å². The molecule has 1 aromatic carbocycles. The van der Waals surface area contributed by atoms with E-state index in [0.717, 1.165) is 18.4 Å². The second-order valence-electron chi connectivity index (χ2n) is 5.85. The van der Waals surface area contributed by atoms with Gasteiger partial charge in [-0.05, 0) is 44.4 Å². The van der Waals surface area contributed by atoms with Crippen molar-refractivity contribution in [3.8, 4) is 0 Å². The third-order valence-electron chi connectivity index (χ3n) is 4.04. The van der Waals surface area contributed by atoms with Crippen LogP contribution in [-0.4, -0.2) is 34.2 Å². The van der Waals surface area contributed by atoms with Gasteiger partial charge in [-0.3, -0.25) is 0 Å². The number of aromatic nitrogens is 2. The van der Waals surface area contributed by atoms with E-state index in [0.29, 0.717) is 24.8 Å². The monoisotopic (exact) mass is 318 g/mol. The summed E-state index contributed by atoms with van der Waals surface area (Å²) in [6, 6.07) is 4.37. The number of benzene rings is 1. The van der Waals surface area contributed by atoms with Crippen molar-refractivity contribution >= 4 is 11.7 Å². The van der Waals surface area contributed by atoms with E-state index < -0.39 is 5.82 Å². The van der Waals surface area contributed by atoms with Gasteiger partial charge in [0.1, 0.15) is 5.82 Å². The molecule has 0 saturated carbocycles. The number of carbonyl (C=O) groups is 1. The highest BCUT2D eigenvalue weighted by atomic mass is 19.1. The fourth-order valence-electron chi connectivity index (χ4n) is 2.74. The minimum Gasteiger partial charge on any atom is -0.339 e. The van der Waals surface area contributed by atoms with Gasteiger partial charge in [0.15, 0.2) is 5.82 Å². The molecule has 2 aromatic rings. The van der Waals surface area contributed by atoms with E-state index in [1.165, 1.54) is 6.07 Å². The van der Waals surface area contributed by atoms with Gasteiger partial charge in [-0.15, -0.1) is 0 Å². The first-order valence-electron chi connectivity index (χ1n) is 7.65. The Morgan fingerprint density at radius 1 is 1.35 bits per heavy atom. The van der Waals surface area contributed by atoms with Crippen molar-refractivity contribution in [2.45, 2.75) is 32.6 Å². The van der Waals surface area contributed by atoms with Crippen molar-refractivity contribution in [2.24, 2.45) is 0 Å². The first-order chi connectivity index (χ1) is 11.0. The number of nitrogens with one attached hydrogen (secondary N) is 1. The summed E-state index contributed by atoms with van der Waals surface area (Å²) >= 11 is 0. The quantitative estimate of drug-likeness (QED) is 0.923. The minimum absolute atomic E-state index is 0.177. The Kier molecular flexibility index (Phi) is 4.27. The van der Waals surface area contributed by atoms with Crippen molar-refractivity contribution in [3.05, 3.63) is 41.3 Å². The molecule has 1 aromatic heterocycles. The molecule has 2 heterocycles. The summed E-state index contributed by atoms with van der Waals surface area (Å²) < 4.78 is 18.9. The van der Waals surface area contributed by atoms with Crippen molar-refractivity contribution in [2.75, 3.05) is 18.4 Å². The van der Waals surface area contributed by atoms with Crippen LogP contribution in [-0.2, 0) is 0 Å². The summed E-state index contributed by atoms with van der Waals surface area (Å²) in [7, 11) is 0. The van der Waals surface area contributed by atoms with Gasteiger partial charge in [0.05, 0.1) is 5.69 Å². The summed E-state index contributed by atoms with van der Waals surface area (Å²) in [5.74, 6) is 0.999. The Morgan fingerprint density at radius 2 is 2.09 bits per heavy atom. The van der Waals surface area contributed by atoms with E-state index in [9.17, 15) is 9.18 Å². The molecule has 2 amide bonds. The van der Waals surface area contributed by atoms with Crippen LogP contribution in [0.25, 0.3) is 0 Å². The number of hydrogen-bond donors (Lipinski definition) is 1. The molecule has 1 fully saturated rings. The van der Waals surface area contributed by atoms with Crippen LogP contribution in [0.15, 0.2) is 22.7 Å². The molecular weight excluding hydrogens is 299 g/mol. The second kappa shape index (κ2) is 6.36. The lowest BCUT2D eigenvalue weighted by Gasteiger charge is -2.30. The second-order valence-corrected chi connectivity index (χ2v) is 5.85. The Labute approximate surface area is 133 Å². The molecule has 3 rings (SSSR count). The van der Waals surface area contributed by atoms with Gasteiger partial charge in [-0.1, -0.05) is 11.2 Å². The standard InChI is InChI=1S/C16H19FN4O2/c1-10-3-4-13(17)14(9-10)19-16(22)21-7-5-12(6-8-21)15-18-11(2)20-23-15/h3-4,9,12H,5-8H2,1-2H3,(H,19,22). The normalized spacial score (nSPS) is 15.7. The van der Waals surface area contributed by atoms with Crippen LogP contribution in [0.1, 0.15) is 36.0 Å². The van der Waals surface area contributed by atoms with Crippen molar-refractivity contribution in [1.82, 2.24) is 15.0 Å². The number of anilines is 1. The SMILES string of the molecule is Cc1ccc(F)c(NC(=O)N2CCC(c3nc(C)no3)CC2)c1. The summed E-state index contributed by atoms with van der Waals surface area (Å²) in [6.45, 7) is 4.79. The molecular formula is C16H19FN4O2. The first kappa shape index (κ1) is 15.5. The summed E-state index contributed by atoms with van der Waals surface area (Å²) in [5.41, 5.74) is 1.11. The molecule has 1 saturated heterocycles. The van der Waals surface area contributed by atoms with Crippen LogP contribution >= 0.6 is 0 Å². The van der Waals surface area contributed by atoms with Crippen molar-refractivity contribution < 1.29 is 13.7 Å². The van der Waals surface area contributed by atoms with E-state index in [2.05, 4.69) is 15.5 Å². The van der Waals surface area contributed by atoms with E-state index in [1.54, 1.807) is 24.0 Å². The average molecular weight is 318 g/mol. The van der Waals surface area contributed by atoms with E-state index in [4.69, 9.17) is 4.52 Å². The Balaban J connectivity index is 1.59. The molecule has 1 N–H and O–H groups in total. The minimum atomic E-state index is -0.430. The maximum atomic E-state index is 13.7. The number of aryl methyl sites for hydroxylation is 2. The van der Waals surface area contributed by atoms with Crippen LogP contribution < -0.4 is 5.32 Å². The summed E-state index contributed by atoms with van der Waals surface area (Å²) in [5, 5.41) is 6.44. The van der Waals surface area contributed by atoms with Crippen LogP contribution in [0.4, 0.5) is 14.9 Å². The molecule has 0 unspecified atom stereocenters. The first-order valence-corrected chi connectivity index (χ1v) is 7.65. The average Bonchev–Trinajstić information content (AvgIpc) is 2.97. The molecule has 1 aliphatic rings. The van der Waals surface area contributed by atoms with E-state index in [1.807, 2.05) is 6.92 Å². The van der Waals surface area contributed by atoms with Gasteiger partial charge in [0.25, 0.3) is 0 Å². The van der Waals surface area contributed by atoms with E-state index >= 15 is 0 Å². The molecule has 122 valence electrons. The fourth-order valence-corrected chi connectivity index (χ4v) is 2.74. The number of likely N-dealkylation sites (tertiary alicyclic amines) is 1. The number of piperidine rings is 1. The highest BCUT2D eigenvalue weighted by Gasteiger charge is 2.27. The molecule has 0 bridgehead atoms. The third-order valence-corrected chi connectivity index (χ3v) is 4.04. The van der Waals surface area contributed by atoms with Gasteiger partial charge in [0, 0.05) is 19.0 Å². The van der Waals surface area contributed by atoms with Crippen LogP contribution in [0, 0.1) is 19.7 Å². The number of urea groups is 1. The lowest BCUT2D eigenvalue weighted by molar-refractivity contribution is 0.187. The van der Waals surface area contributed by atoms with Gasteiger partial charge in [-0.25, -0.2) is 9.18 Å². The molecule has 7 heteroatoms. The lowest BCUT2D eigenvalue weighted by atomic mass is 9.97. The number of carbonyl (C=O) groups excluding carboxylic acids is 1. The zero-order valence-corrected chi connectivity index (χ0v) is 13.2. The predicted octanol–water partition coefficient (Wildman–Crippen LogP) is 3.24. The molecule has 0 atom stereocenters. The van der Waals surface area contributed by atoms with Crippen molar-refractivity contribution in [1.29, 1.82) is 0 Å². The fraction of sp³-hybridized carbons (Fsp3) is 0.438. The number of rotatable bonds is 2. The molecule has 1 aliphatic heterocycles. The largest absolute Gasteiger partial charge is 0.339 e. The molecule has 23 heavy (non-hydrogen) atoms. The molecule has 0 aliphatic carbocycles. The third kappa shape index (κ3) is 3.49. The summed E-state index contributed by atoms with van der Waals surface area (Å²) in [6.07, 6.45) is 1.51. The molecule has 0 radical (unpaired) electrons. The van der Waals surface area contributed by atoms with Gasteiger partial charge in [0.2, 0.25) is 5.89 Å². The van der Waals surface area contributed by atoms with E-state index in [-0.39, 0.29) is 17.6 Å². The van der Waals surface area contributed by atoms with Gasteiger partial charge in [-0.2, -0.15) is 4.98 Å². The van der Waals surface area contributed by atoms with Gasteiger partial charge >= 0.3 is 6.03 Å². The lowest BCUT2D eigenvalue weighted by Crippen LogP contribution is -2.40. The van der Waals surface area contributed by atoms with Crippen LogP contribution in [0.5, 0.6) is 0 Å². The highest BCUT2D eigenvalue weighted by molar-refractivity contribution is 5.89. The Morgan fingerprint density at radius 3 is 2.74 bits per heavy atom. The summed E-state index contributed by atoms with van der Waals surface area (Å²) in [4.78, 5) is 18.2. The predicted molar refractivity (Wildman–Crippen MR) is 82.7 cm³/mol. The maximum Gasteiger partial charge on any atom is 0.321 e. The Hall–Kier alpha value is -2.44. The zero-order valence-electron chi connectivity index (χ0n) is 13.2. The number of halogens is 1. The molecule has 0 spiro atoms. The Bertz CT molecular complexity index is 708. The highest BCUT2D eigenvalue weighted by Crippen LogP contribution is 2.27. The maximum absolute atomic E-state index is 13.7. The number of nitrogens with zero attached hydrogens (tertiary/aromatic N) is 3. The van der Waals surface area contributed by atoms with Gasteiger partial charge < -0.3 is 14.7 Å². The molecule has 6 nitrogen and oxygen atoms in total. The number of hydrogen-bond acceptors (Lipinski definition) is 4. The van der Waals surface area contributed by atoms with Crippen LogP contribution in [0.3, 0.4) is 0 Å². The smallest absolute Gasteiger partial charge is 0.321 e. The topological polar surface area (TPSA) is 71.3 Å². The van der Waals surface area contributed by atoms with Crippen LogP contribution in [0.2, 0.25) is 0 Å². The number of amides is 2. The zero-order chi connectivity index (χ0) is 16.4.